The van der Waals surface area contributed by atoms with Crippen molar-refractivity contribution in [2.24, 2.45) is 0 Å². The highest BCUT2D eigenvalue weighted by molar-refractivity contribution is 5.79. The van der Waals surface area contributed by atoms with Crippen LogP contribution in [-0.2, 0) is 17.8 Å². The van der Waals surface area contributed by atoms with Crippen LogP contribution < -0.4 is 9.47 Å². The van der Waals surface area contributed by atoms with Gasteiger partial charge >= 0.3 is 0 Å². The third-order valence-corrected chi connectivity index (χ3v) is 5.06. The zero-order valence-corrected chi connectivity index (χ0v) is 14.3. The van der Waals surface area contributed by atoms with Gasteiger partial charge in [0, 0.05) is 18.2 Å². The van der Waals surface area contributed by atoms with Gasteiger partial charge in [-0.3, -0.25) is 4.79 Å². The molecule has 2 aliphatic rings. The van der Waals surface area contributed by atoms with E-state index in [1.54, 1.807) is 12.5 Å². The highest BCUT2D eigenvalue weighted by atomic mass is 16.7. The minimum atomic E-state index is 0.159. The minimum absolute atomic E-state index is 0.159. The van der Waals surface area contributed by atoms with Gasteiger partial charge in [-0.1, -0.05) is 25.3 Å². The summed E-state index contributed by atoms with van der Waals surface area (Å²) < 4.78 is 15.9. The van der Waals surface area contributed by atoms with Gasteiger partial charge in [-0.2, -0.15) is 0 Å². The number of benzene rings is 1. The maximum atomic E-state index is 13.1. The summed E-state index contributed by atoms with van der Waals surface area (Å²) in [6.45, 7) is 0.867. The van der Waals surface area contributed by atoms with Crippen LogP contribution in [0.15, 0.2) is 41.2 Å². The molecule has 2 aromatic rings. The molecule has 0 spiro atoms. The van der Waals surface area contributed by atoms with Gasteiger partial charge in [-0.15, -0.1) is 0 Å². The van der Waals surface area contributed by atoms with Crippen LogP contribution in [-0.4, -0.2) is 23.6 Å². The number of furan rings is 1. The third-order valence-electron chi connectivity index (χ3n) is 5.06. The standard InChI is InChI=1S/C20H23NO4/c22-20(11-15-6-7-18-19(10-15)25-14-24-18)21(12-16-8-9-23-13-16)17-4-2-1-3-5-17/h6-10,13,17H,1-5,11-12,14H2. The largest absolute Gasteiger partial charge is 0.472 e. The average molecular weight is 341 g/mol. The summed E-state index contributed by atoms with van der Waals surface area (Å²) >= 11 is 0. The molecule has 1 fully saturated rings. The quantitative estimate of drug-likeness (QED) is 0.827. The van der Waals surface area contributed by atoms with Crippen LogP contribution in [0.3, 0.4) is 0 Å². The van der Waals surface area contributed by atoms with Crippen molar-refractivity contribution >= 4 is 5.91 Å². The number of carbonyl (C=O) groups excluding carboxylic acids is 1. The fraction of sp³-hybridized carbons (Fsp3) is 0.450. The van der Waals surface area contributed by atoms with E-state index in [2.05, 4.69) is 0 Å². The Morgan fingerprint density at radius 3 is 2.68 bits per heavy atom. The van der Waals surface area contributed by atoms with Gasteiger partial charge in [-0.05, 0) is 36.6 Å². The number of hydrogen-bond donors (Lipinski definition) is 0. The number of amides is 1. The van der Waals surface area contributed by atoms with Gasteiger partial charge in [0.1, 0.15) is 0 Å². The molecule has 25 heavy (non-hydrogen) atoms. The molecule has 0 N–H and O–H groups in total. The van der Waals surface area contributed by atoms with Gasteiger partial charge < -0.3 is 18.8 Å². The summed E-state index contributed by atoms with van der Waals surface area (Å²) in [6, 6.07) is 8.00. The summed E-state index contributed by atoms with van der Waals surface area (Å²) in [5, 5.41) is 0. The zero-order valence-electron chi connectivity index (χ0n) is 14.3. The van der Waals surface area contributed by atoms with E-state index in [-0.39, 0.29) is 12.7 Å². The molecular formula is C20H23NO4. The first-order valence-corrected chi connectivity index (χ1v) is 8.99. The average Bonchev–Trinajstić information content (AvgIpc) is 3.31. The van der Waals surface area contributed by atoms with Crippen molar-refractivity contribution in [2.75, 3.05) is 6.79 Å². The van der Waals surface area contributed by atoms with Crippen molar-refractivity contribution < 1.29 is 18.7 Å². The van der Waals surface area contributed by atoms with E-state index < -0.39 is 0 Å². The molecular weight excluding hydrogens is 318 g/mol. The second-order valence-corrected chi connectivity index (χ2v) is 6.81. The number of fused-ring (bicyclic) bond motifs is 1. The van der Waals surface area contributed by atoms with Crippen molar-refractivity contribution in [2.45, 2.75) is 51.1 Å². The molecule has 0 saturated heterocycles. The Bertz CT molecular complexity index is 719. The van der Waals surface area contributed by atoms with E-state index in [9.17, 15) is 4.79 Å². The fourth-order valence-corrected chi connectivity index (χ4v) is 3.72. The molecule has 1 aromatic heterocycles. The lowest BCUT2D eigenvalue weighted by atomic mass is 9.93. The van der Waals surface area contributed by atoms with Crippen LogP contribution in [0.2, 0.25) is 0 Å². The first kappa shape index (κ1) is 16.1. The molecule has 5 heteroatoms. The molecule has 2 heterocycles. The van der Waals surface area contributed by atoms with E-state index in [4.69, 9.17) is 13.9 Å². The Morgan fingerprint density at radius 2 is 1.88 bits per heavy atom. The summed E-state index contributed by atoms with van der Waals surface area (Å²) in [7, 11) is 0. The van der Waals surface area contributed by atoms with E-state index in [1.165, 1.54) is 19.3 Å². The lowest BCUT2D eigenvalue weighted by Crippen LogP contribution is -2.41. The third kappa shape index (κ3) is 3.65. The molecule has 1 aliphatic heterocycles. The van der Waals surface area contributed by atoms with Gasteiger partial charge in [0.15, 0.2) is 11.5 Å². The maximum Gasteiger partial charge on any atom is 0.231 e. The molecule has 1 aliphatic carbocycles. The van der Waals surface area contributed by atoms with Crippen molar-refractivity contribution in [3.8, 4) is 11.5 Å². The second kappa shape index (κ2) is 7.21. The summed E-state index contributed by atoms with van der Waals surface area (Å²) in [6.07, 6.45) is 9.61. The van der Waals surface area contributed by atoms with E-state index >= 15 is 0 Å². The maximum absolute atomic E-state index is 13.1. The van der Waals surface area contributed by atoms with Crippen LogP contribution in [0, 0.1) is 0 Å². The predicted molar refractivity (Wildman–Crippen MR) is 92.4 cm³/mol. The topological polar surface area (TPSA) is 51.9 Å². The van der Waals surface area contributed by atoms with Crippen LogP contribution >= 0.6 is 0 Å². The van der Waals surface area contributed by atoms with Crippen molar-refractivity contribution in [3.63, 3.8) is 0 Å². The normalized spacial score (nSPS) is 16.8. The summed E-state index contributed by atoms with van der Waals surface area (Å²) in [4.78, 5) is 15.1. The van der Waals surface area contributed by atoms with E-state index in [0.29, 0.717) is 19.0 Å². The number of rotatable bonds is 5. The molecule has 1 amide bonds. The molecule has 0 bridgehead atoms. The molecule has 5 nitrogen and oxygen atoms in total. The van der Waals surface area contributed by atoms with Crippen LogP contribution in [0.1, 0.15) is 43.2 Å². The molecule has 4 rings (SSSR count). The van der Waals surface area contributed by atoms with Gasteiger partial charge in [-0.25, -0.2) is 0 Å². The van der Waals surface area contributed by atoms with Crippen molar-refractivity contribution in [1.29, 1.82) is 0 Å². The molecule has 1 saturated carbocycles. The smallest absolute Gasteiger partial charge is 0.231 e. The van der Waals surface area contributed by atoms with Gasteiger partial charge in [0.25, 0.3) is 0 Å². The first-order valence-electron chi connectivity index (χ1n) is 8.99. The Morgan fingerprint density at radius 1 is 1.04 bits per heavy atom. The highest BCUT2D eigenvalue weighted by Gasteiger charge is 2.26. The summed E-state index contributed by atoms with van der Waals surface area (Å²) in [5.74, 6) is 1.63. The van der Waals surface area contributed by atoms with E-state index in [1.807, 2.05) is 29.2 Å². The fourth-order valence-electron chi connectivity index (χ4n) is 3.72. The zero-order chi connectivity index (χ0) is 17.1. The molecule has 0 radical (unpaired) electrons. The lowest BCUT2D eigenvalue weighted by molar-refractivity contribution is -0.134. The van der Waals surface area contributed by atoms with Crippen LogP contribution in [0.25, 0.3) is 0 Å². The summed E-state index contributed by atoms with van der Waals surface area (Å²) in [5.41, 5.74) is 2.01. The Kier molecular flexibility index (Phi) is 4.63. The first-order chi connectivity index (χ1) is 12.3. The Hall–Kier alpha value is -2.43. The van der Waals surface area contributed by atoms with Gasteiger partial charge in [0.2, 0.25) is 12.7 Å². The molecule has 0 atom stereocenters. The Balaban J connectivity index is 1.50. The number of hydrogen-bond acceptors (Lipinski definition) is 4. The number of ether oxygens (including phenoxy) is 2. The highest BCUT2D eigenvalue weighted by Crippen LogP contribution is 2.33. The second-order valence-electron chi connectivity index (χ2n) is 6.81. The lowest BCUT2D eigenvalue weighted by Gasteiger charge is -2.34. The van der Waals surface area contributed by atoms with Crippen LogP contribution in [0.5, 0.6) is 11.5 Å². The van der Waals surface area contributed by atoms with Crippen LogP contribution in [0.4, 0.5) is 0 Å². The number of nitrogens with zero attached hydrogens (tertiary/aromatic N) is 1. The molecule has 0 unspecified atom stereocenters. The van der Waals surface area contributed by atoms with Crippen molar-refractivity contribution in [3.05, 3.63) is 47.9 Å². The molecule has 1 aromatic carbocycles. The predicted octanol–water partition coefficient (Wildman–Crippen LogP) is 3.91. The SMILES string of the molecule is O=C(Cc1ccc2c(c1)OCO2)N(Cc1ccoc1)C1CCCCC1. The van der Waals surface area contributed by atoms with E-state index in [0.717, 1.165) is 35.5 Å². The minimum Gasteiger partial charge on any atom is -0.472 e. The van der Waals surface area contributed by atoms with Gasteiger partial charge in [0.05, 0.1) is 18.9 Å². The number of carbonyl (C=O) groups is 1. The molecule has 132 valence electrons. The van der Waals surface area contributed by atoms with Crippen molar-refractivity contribution in [1.82, 2.24) is 4.90 Å². The Labute approximate surface area is 147 Å². The monoisotopic (exact) mass is 341 g/mol.